The molecule has 1 atom stereocenters. The summed E-state index contributed by atoms with van der Waals surface area (Å²) in [6.45, 7) is 7.72. The minimum atomic E-state index is 0.138. The van der Waals surface area contributed by atoms with Crippen molar-refractivity contribution in [1.82, 2.24) is 14.9 Å². The first-order valence-corrected chi connectivity index (χ1v) is 9.55. The van der Waals surface area contributed by atoms with Crippen LogP contribution in [0.5, 0.6) is 5.75 Å². The van der Waals surface area contributed by atoms with E-state index in [0.717, 1.165) is 54.3 Å². The molecule has 5 heteroatoms. The zero-order chi connectivity index (χ0) is 18.8. The standard InChI is InChI=1S/C22H26N4O/c1-4-26-14-17(27-22-12-8-7-11-21(22)26)13-25(3)15-20-16(2)23-18-9-5-6-10-19(18)24-20/h5-12,17H,4,13-15H2,1-3H3. The average Bonchev–Trinajstić information content (AvgIpc) is 2.68. The number of para-hydroxylation sites is 4. The Bertz CT molecular complexity index is 942. The van der Waals surface area contributed by atoms with Gasteiger partial charge in [-0.1, -0.05) is 24.3 Å². The van der Waals surface area contributed by atoms with Crippen LogP contribution < -0.4 is 9.64 Å². The lowest BCUT2D eigenvalue weighted by molar-refractivity contribution is 0.139. The second-order valence-corrected chi connectivity index (χ2v) is 7.19. The number of hydrogen-bond acceptors (Lipinski definition) is 5. The summed E-state index contributed by atoms with van der Waals surface area (Å²) >= 11 is 0. The molecule has 2 aromatic carbocycles. The molecule has 0 N–H and O–H groups in total. The van der Waals surface area contributed by atoms with Crippen molar-refractivity contribution in [1.29, 1.82) is 0 Å². The molecule has 5 nitrogen and oxygen atoms in total. The maximum atomic E-state index is 6.25. The quantitative estimate of drug-likeness (QED) is 0.693. The van der Waals surface area contributed by atoms with Gasteiger partial charge in [0.05, 0.1) is 34.7 Å². The number of rotatable bonds is 5. The van der Waals surface area contributed by atoms with E-state index < -0.39 is 0 Å². The predicted molar refractivity (Wildman–Crippen MR) is 109 cm³/mol. The van der Waals surface area contributed by atoms with E-state index in [-0.39, 0.29) is 6.10 Å². The molecular weight excluding hydrogens is 336 g/mol. The Morgan fingerprint density at radius 2 is 1.78 bits per heavy atom. The number of ether oxygens (including phenoxy) is 1. The molecule has 0 radical (unpaired) electrons. The van der Waals surface area contributed by atoms with Crippen LogP contribution in [0.3, 0.4) is 0 Å². The van der Waals surface area contributed by atoms with E-state index in [9.17, 15) is 0 Å². The molecule has 0 saturated heterocycles. The molecule has 0 fully saturated rings. The SMILES string of the molecule is CCN1CC(CN(C)Cc2nc3ccccc3nc2C)Oc2ccccc21. The van der Waals surface area contributed by atoms with Gasteiger partial charge in [-0.15, -0.1) is 0 Å². The lowest BCUT2D eigenvalue weighted by Crippen LogP contribution is -2.45. The fourth-order valence-electron chi connectivity index (χ4n) is 3.72. The highest BCUT2D eigenvalue weighted by molar-refractivity contribution is 5.74. The van der Waals surface area contributed by atoms with Crippen LogP contribution in [0.4, 0.5) is 5.69 Å². The van der Waals surface area contributed by atoms with Gasteiger partial charge in [0.25, 0.3) is 0 Å². The molecule has 0 spiro atoms. The maximum absolute atomic E-state index is 6.25. The number of anilines is 1. The van der Waals surface area contributed by atoms with Crippen molar-refractivity contribution < 1.29 is 4.74 Å². The summed E-state index contributed by atoms with van der Waals surface area (Å²) in [7, 11) is 2.12. The van der Waals surface area contributed by atoms with Crippen molar-refractivity contribution >= 4 is 16.7 Å². The van der Waals surface area contributed by atoms with Gasteiger partial charge in [-0.3, -0.25) is 4.90 Å². The van der Waals surface area contributed by atoms with E-state index in [4.69, 9.17) is 14.7 Å². The van der Waals surface area contributed by atoms with Gasteiger partial charge >= 0.3 is 0 Å². The van der Waals surface area contributed by atoms with E-state index in [0.29, 0.717) is 0 Å². The number of fused-ring (bicyclic) bond motifs is 2. The van der Waals surface area contributed by atoms with Gasteiger partial charge in [0.15, 0.2) is 0 Å². The van der Waals surface area contributed by atoms with Crippen LogP contribution in [0.2, 0.25) is 0 Å². The van der Waals surface area contributed by atoms with Gasteiger partial charge in [-0.05, 0) is 45.2 Å². The van der Waals surface area contributed by atoms with Crippen molar-refractivity contribution in [2.24, 2.45) is 0 Å². The first kappa shape index (κ1) is 17.7. The zero-order valence-corrected chi connectivity index (χ0v) is 16.2. The van der Waals surface area contributed by atoms with Gasteiger partial charge in [-0.25, -0.2) is 9.97 Å². The molecule has 3 aromatic rings. The second kappa shape index (κ2) is 7.53. The van der Waals surface area contributed by atoms with E-state index >= 15 is 0 Å². The Kier molecular flexibility index (Phi) is 4.94. The summed E-state index contributed by atoms with van der Waals surface area (Å²) in [6, 6.07) is 16.3. The third-order valence-corrected chi connectivity index (χ3v) is 5.08. The van der Waals surface area contributed by atoms with Crippen molar-refractivity contribution in [3.63, 3.8) is 0 Å². The normalized spacial score (nSPS) is 16.4. The Balaban J connectivity index is 1.47. The number of nitrogens with zero attached hydrogens (tertiary/aromatic N) is 4. The minimum Gasteiger partial charge on any atom is -0.485 e. The van der Waals surface area contributed by atoms with Crippen molar-refractivity contribution in [3.8, 4) is 5.75 Å². The van der Waals surface area contributed by atoms with E-state index in [1.165, 1.54) is 5.69 Å². The smallest absolute Gasteiger partial charge is 0.143 e. The van der Waals surface area contributed by atoms with Crippen molar-refractivity contribution in [3.05, 3.63) is 59.9 Å². The summed E-state index contributed by atoms with van der Waals surface area (Å²) in [4.78, 5) is 14.2. The van der Waals surface area contributed by atoms with Gasteiger partial charge < -0.3 is 9.64 Å². The van der Waals surface area contributed by atoms with E-state index in [1.54, 1.807) is 0 Å². The third kappa shape index (κ3) is 3.74. The average molecular weight is 362 g/mol. The molecule has 0 bridgehead atoms. The lowest BCUT2D eigenvalue weighted by atomic mass is 10.1. The van der Waals surface area contributed by atoms with Crippen LogP contribution in [-0.4, -0.2) is 47.7 Å². The Hall–Kier alpha value is -2.66. The number of hydrogen-bond donors (Lipinski definition) is 0. The van der Waals surface area contributed by atoms with Crippen LogP contribution in [-0.2, 0) is 6.54 Å². The zero-order valence-electron chi connectivity index (χ0n) is 16.2. The molecule has 27 heavy (non-hydrogen) atoms. The highest BCUT2D eigenvalue weighted by atomic mass is 16.5. The molecule has 1 aromatic heterocycles. The van der Waals surface area contributed by atoms with Crippen molar-refractivity contribution in [2.45, 2.75) is 26.5 Å². The van der Waals surface area contributed by atoms with Gasteiger partial charge in [0, 0.05) is 19.6 Å². The largest absolute Gasteiger partial charge is 0.485 e. The number of aryl methyl sites for hydroxylation is 1. The third-order valence-electron chi connectivity index (χ3n) is 5.08. The fraction of sp³-hybridized carbons (Fsp3) is 0.364. The predicted octanol–water partition coefficient (Wildman–Crippen LogP) is 3.66. The summed E-state index contributed by atoms with van der Waals surface area (Å²) < 4.78 is 6.25. The molecular formula is C22H26N4O. The lowest BCUT2D eigenvalue weighted by Gasteiger charge is -2.37. The molecule has 0 saturated carbocycles. The Morgan fingerprint density at radius 3 is 2.56 bits per heavy atom. The Labute approximate surface area is 160 Å². The molecule has 2 heterocycles. The number of aromatic nitrogens is 2. The highest BCUT2D eigenvalue weighted by Crippen LogP contribution is 2.32. The maximum Gasteiger partial charge on any atom is 0.143 e. The minimum absolute atomic E-state index is 0.138. The molecule has 1 aliphatic rings. The van der Waals surface area contributed by atoms with Crippen LogP contribution in [0.15, 0.2) is 48.5 Å². The molecule has 1 unspecified atom stereocenters. The van der Waals surface area contributed by atoms with Crippen LogP contribution in [0.1, 0.15) is 18.3 Å². The van der Waals surface area contributed by atoms with Crippen molar-refractivity contribution in [2.75, 3.05) is 31.6 Å². The monoisotopic (exact) mass is 362 g/mol. The first-order valence-electron chi connectivity index (χ1n) is 9.55. The van der Waals surface area contributed by atoms with Crippen LogP contribution >= 0.6 is 0 Å². The summed E-state index contributed by atoms with van der Waals surface area (Å²) in [5.41, 5.74) is 5.11. The van der Waals surface area contributed by atoms with Gasteiger partial charge in [0.1, 0.15) is 11.9 Å². The summed E-state index contributed by atoms with van der Waals surface area (Å²) in [5.74, 6) is 0.977. The van der Waals surface area contributed by atoms with Crippen LogP contribution in [0.25, 0.3) is 11.0 Å². The van der Waals surface area contributed by atoms with E-state index in [2.05, 4.69) is 42.0 Å². The van der Waals surface area contributed by atoms with Gasteiger partial charge in [0.2, 0.25) is 0 Å². The molecule has 140 valence electrons. The van der Waals surface area contributed by atoms with Gasteiger partial charge in [-0.2, -0.15) is 0 Å². The second-order valence-electron chi connectivity index (χ2n) is 7.19. The van der Waals surface area contributed by atoms with Crippen LogP contribution in [0, 0.1) is 6.92 Å². The van der Waals surface area contributed by atoms with E-state index in [1.807, 2.05) is 37.3 Å². The first-order chi connectivity index (χ1) is 13.1. The fourth-order valence-corrected chi connectivity index (χ4v) is 3.72. The number of likely N-dealkylation sites (N-methyl/N-ethyl adjacent to an activating group) is 2. The summed E-state index contributed by atoms with van der Waals surface area (Å²) in [6.07, 6.45) is 0.138. The molecule has 0 aliphatic carbocycles. The highest BCUT2D eigenvalue weighted by Gasteiger charge is 2.25. The Morgan fingerprint density at radius 1 is 1.07 bits per heavy atom. The summed E-state index contributed by atoms with van der Waals surface area (Å²) in [5, 5.41) is 0. The topological polar surface area (TPSA) is 41.5 Å². The molecule has 0 amide bonds. The molecule has 4 rings (SSSR count). The molecule has 1 aliphatic heterocycles. The number of benzene rings is 2.